The van der Waals surface area contributed by atoms with Crippen LogP contribution in [0.15, 0.2) is 12.3 Å². The summed E-state index contributed by atoms with van der Waals surface area (Å²) in [5, 5.41) is 14.7. The molecule has 7 nitrogen and oxygen atoms in total. The number of hydrogen-bond acceptors (Lipinski definition) is 5. The predicted octanol–water partition coefficient (Wildman–Crippen LogP) is 0.805. The molecule has 0 bridgehead atoms. The quantitative estimate of drug-likeness (QED) is 0.897. The van der Waals surface area contributed by atoms with Gasteiger partial charge >= 0.3 is 0 Å². The fourth-order valence-corrected chi connectivity index (χ4v) is 3.40. The number of nitrogens with zero attached hydrogens (tertiary/aromatic N) is 5. The second-order valence-corrected chi connectivity index (χ2v) is 6.38. The van der Waals surface area contributed by atoms with E-state index in [0.29, 0.717) is 18.7 Å². The van der Waals surface area contributed by atoms with Crippen LogP contribution in [-0.4, -0.2) is 74.4 Å². The van der Waals surface area contributed by atoms with E-state index in [9.17, 15) is 9.90 Å². The third-order valence-corrected chi connectivity index (χ3v) is 4.91. The highest BCUT2D eigenvalue weighted by Gasteiger charge is 2.26. The lowest BCUT2D eigenvalue weighted by Crippen LogP contribution is -2.52. The summed E-state index contributed by atoms with van der Waals surface area (Å²) in [5.74, 6) is 0.0179. The van der Waals surface area contributed by atoms with Crippen LogP contribution in [-0.2, 0) is 7.05 Å². The lowest BCUT2D eigenvalue weighted by atomic mass is 10.1. The molecule has 0 spiro atoms. The summed E-state index contributed by atoms with van der Waals surface area (Å²) >= 11 is 0. The van der Waals surface area contributed by atoms with E-state index in [-0.39, 0.29) is 18.6 Å². The average Bonchev–Trinajstić information content (AvgIpc) is 2.90. The van der Waals surface area contributed by atoms with Crippen LogP contribution in [0.5, 0.6) is 0 Å². The molecule has 7 heteroatoms. The van der Waals surface area contributed by atoms with Crippen molar-refractivity contribution in [2.75, 3.05) is 32.8 Å². The van der Waals surface area contributed by atoms with Gasteiger partial charge in [0.1, 0.15) is 0 Å². The third kappa shape index (κ3) is 3.01. The number of fused-ring (bicyclic) bond motifs is 1. The minimum absolute atomic E-state index is 0.0179. The molecular formula is C17H25N5O2. The maximum atomic E-state index is 12.8. The van der Waals surface area contributed by atoms with Crippen LogP contribution in [0.4, 0.5) is 0 Å². The number of hydrogen-bond donors (Lipinski definition) is 1. The average molecular weight is 331 g/mol. The Morgan fingerprint density at radius 2 is 2.04 bits per heavy atom. The number of carbonyl (C=O) groups excluding carboxylic acids is 1. The molecule has 0 aliphatic carbocycles. The van der Waals surface area contributed by atoms with Crippen molar-refractivity contribution in [2.45, 2.75) is 26.3 Å². The Balaban J connectivity index is 1.72. The zero-order chi connectivity index (χ0) is 17.3. The summed E-state index contributed by atoms with van der Waals surface area (Å²) in [6.07, 6.45) is 2.56. The Bertz CT molecular complexity index is 730. The molecule has 1 N–H and O–H groups in total. The van der Waals surface area contributed by atoms with Gasteiger partial charge in [-0.15, -0.1) is 0 Å². The van der Waals surface area contributed by atoms with E-state index in [0.717, 1.165) is 36.2 Å². The zero-order valence-electron chi connectivity index (χ0n) is 14.6. The van der Waals surface area contributed by atoms with Gasteiger partial charge < -0.3 is 10.0 Å². The zero-order valence-corrected chi connectivity index (χ0v) is 14.6. The van der Waals surface area contributed by atoms with Gasteiger partial charge in [-0.3, -0.25) is 14.4 Å². The Kier molecular flexibility index (Phi) is 4.82. The van der Waals surface area contributed by atoms with Gasteiger partial charge in [-0.05, 0) is 19.4 Å². The summed E-state index contributed by atoms with van der Waals surface area (Å²) in [6, 6.07) is 2.08. The summed E-state index contributed by atoms with van der Waals surface area (Å²) in [5.41, 5.74) is 2.29. The van der Waals surface area contributed by atoms with Gasteiger partial charge in [0.2, 0.25) is 0 Å². The van der Waals surface area contributed by atoms with Gasteiger partial charge in [0.05, 0.1) is 17.9 Å². The van der Waals surface area contributed by atoms with Crippen molar-refractivity contribution in [3.63, 3.8) is 0 Å². The number of piperazine rings is 1. The topological polar surface area (TPSA) is 74.5 Å². The summed E-state index contributed by atoms with van der Waals surface area (Å²) < 4.78 is 1.73. The fourth-order valence-electron chi connectivity index (χ4n) is 3.40. The molecular weight excluding hydrogens is 306 g/mol. The van der Waals surface area contributed by atoms with E-state index in [4.69, 9.17) is 0 Å². The molecule has 1 aliphatic heterocycles. The first-order valence-electron chi connectivity index (χ1n) is 8.48. The highest BCUT2D eigenvalue weighted by Crippen LogP contribution is 2.18. The SMILES string of the molecule is CCC(CO)N1CCN(C(=O)c2cnc3c(c2)c(C)nn3C)CC1. The highest BCUT2D eigenvalue weighted by molar-refractivity contribution is 5.97. The first-order valence-corrected chi connectivity index (χ1v) is 8.48. The fraction of sp³-hybridized carbons (Fsp3) is 0.588. The molecule has 1 aliphatic rings. The van der Waals surface area contributed by atoms with Gasteiger partial charge in [-0.2, -0.15) is 5.10 Å². The second kappa shape index (κ2) is 6.86. The molecule has 0 radical (unpaired) electrons. The molecule has 2 aromatic heterocycles. The predicted molar refractivity (Wildman–Crippen MR) is 91.9 cm³/mol. The van der Waals surface area contributed by atoms with E-state index in [1.807, 2.05) is 24.9 Å². The molecule has 130 valence electrons. The van der Waals surface area contributed by atoms with Crippen LogP contribution in [0.25, 0.3) is 11.0 Å². The van der Waals surface area contributed by atoms with Crippen molar-refractivity contribution in [1.29, 1.82) is 0 Å². The van der Waals surface area contributed by atoms with Gasteiger partial charge in [-0.1, -0.05) is 6.92 Å². The van der Waals surface area contributed by atoms with Crippen molar-refractivity contribution >= 4 is 16.9 Å². The van der Waals surface area contributed by atoms with Crippen LogP contribution in [0.3, 0.4) is 0 Å². The summed E-state index contributed by atoms with van der Waals surface area (Å²) in [7, 11) is 1.86. The van der Waals surface area contributed by atoms with Crippen LogP contribution in [0.1, 0.15) is 29.4 Å². The molecule has 2 aromatic rings. The van der Waals surface area contributed by atoms with Crippen LogP contribution < -0.4 is 0 Å². The molecule has 1 fully saturated rings. The maximum absolute atomic E-state index is 12.8. The van der Waals surface area contributed by atoms with Crippen molar-refractivity contribution < 1.29 is 9.90 Å². The number of pyridine rings is 1. The number of amides is 1. The molecule has 1 unspecified atom stereocenters. The largest absolute Gasteiger partial charge is 0.395 e. The Labute approximate surface area is 141 Å². The molecule has 3 heterocycles. The van der Waals surface area contributed by atoms with Crippen LogP contribution >= 0.6 is 0 Å². The molecule has 1 atom stereocenters. The molecule has 1 saturated heterocycles. The lowest BCUT2D eigenvalue weighted by molar-refractivity contribution is 0.0472. The van der Waals surface area contributed by atoms with E-state index in [2.05, 4.69) is 21.9 Å². The number of carbonyl (C=O) groups is 1. The van der Waals surface area contributed by atoms with Gasteiger partial charge in [0, 0.05) is 50.9 Å². The van der Waals surface area contributed by atoms with Crippen LogP contribution in [0.2, 0.25) is 0 Å². The van der Waals surface area contributed by atoms with E-state index >= 15 is 0 Å². The third-order valence-electron chi connectivity index (χ3n) is 4.91. The number of aliphatic hydroxyl groups is 1. The number of aryl methyl sites for hydroxylation is 2. The smallest absolute Gasteiger partial charge is 0.255 e. The lowest BCUT2D eigenvalue weighted by Gasteiger charge is -2.38. The number of aliphatic hydroxyl groups excluding tert-OH is 1. The van der Waals surface area contributed by atoms with Gasteiger partial charge in [0.25, 0.3) is 5.91 Å². The molecule has 1 amide bonds. The van der Waals surface area contributed by atoms with Crippen LogP contribution in [0, 0.1) is 6.92 Å². The highest BCUT2D eigenvalue weighted by atomic mass is 16.3. The normalized spacial score (nSPS) is 17.4. The maximum Gasteiger partial charge on any atom is 0.255 e. The Morgan fingerprint density at radius 1 is 1.33 bits per heavy atom. The molecule has 3 rings (SSSR count). The summed E-state index contributed by atoms with van der Waals surface area (Å²) in [4.78, 5) is 21.3. The van der Waals surface area contributed by atoms with E-state index in [1.54, 1.807) is 10.9 Å². The Morgan fingerprint density at radius 3 is 2.67 bits per heavy atom. The monoisotopic (exact) mass is 331 g/mol. The first-order chi connectivity index (χ1) is 11.5. The number of rotatable bonds is 4. The van der Waals surface area contributed by atoms with Gasteiger partial charge in [0.15, 0.2) is 5.65 Å². The summed E-state index contributed by atoms with van der Waals surface area (Å²) in [6.45, 7) is 7.13. The number of aromatic nitrogens is 3. The minimum Gasteiger partial charge on any atom is -0.395 e. The van der Waals surface area contributed by atoms with Crippen molar-refractivity contribution in [2.24, 2.45) is 7.05 Å². The van der Waals surface area contributed by atoms with Crippen molar-refractivity contribution in [3.05, 3.63) is 23.5 Å². The molecule has 0 saturated carbocycles. The molecule has 0 aromatic carbocycles. The second-order valence-electron chi connectivity index (χ2n) is 6.38. The Hall–Kier alpha value is -1.99. The van der Waals surface area contributed by atoms with Crippen molar-refractivity contribution in [1.82, 2.24) is 24.6 Å². The van der Waals surface area contributed by atoms with Crippen molar-refractivity contribution in [3.8, 4) is 0 Å². The van der Waals surface area contributed by atoms with Gasteiger partial charge in [-0.25, -0.2) is 4.98 Å². The molecule has 24 heavy (non-hydrogen) atoms. The first kappa shape index (κ1) is 16.9. The standard InChI is InChI=1S/C17H25N5O2/c1-4-14(11-23)21-5-7-22(8-6-21)17(24)13-9-15-12(2)19-20(3)16(15)18-10-13/h9-10,14,23H,4-8,11H2,1-3H3. The minimum atomic E-state index is 0.0179. The van der Waals surface area contributed by atoms with E-state index in [1.165, 1.54) is 0 Å². The van der Waals surface area contributed by atoms with E-state index < -0.39 is 0 Å².